The van der Waals surface area contributed by atoms with Gasteiger partial charge in [0.1, 0.15) is 21.6 Å². The fourth-order valence-corrected chi connectivity index (χ4v) is 6.69. The van der Waals surface area contributed by atoms with Crippen LogP contribution in [0.4, 0.5) is 9.93 Å². The Kier molecular flexibility index (Phi) is 11.3. The first kappa shape index (κ1) is 39.9. The van der Waals surface area contributed by atoms with Crippen LogP contribution in [-0.4, -0.2) is 115 Å². The molecule has 23 nitrogen and oxygen atoms in total. The third-order valence-corrected chi connectivity index (χ3v) is 10.1. The van der Waals surface area contributed by atoms with Crippen LogP contribution in [0, 0.1) is 0 Å². The van der Waals surface area contributed by atoms with Gasteiger partial charge in [-0.3, -0.25) is 23.9 Å². The molecule has 2 atom stereocenters. The molecule has 4 rings (SSSR count). The van der Waals surface area contributed by atoms with Gasteiger partial charge < -0.3 is 31.1 Å². The molecule has 1 fully saturated rings. The number of likely N-dealkylation sites (tertiary alicyclic amines) is 1. The number of H-pyrrole nitrogens is 1. The summed E-state index contributed by atoms with van der Waals surface area (Å²) in [6.07, 6.45) is 2.65. The van der Waals surface area contributed by atoms with E-state index in [1.165, 1.54) is 11.5 Å². The average molecular weight is 801 g/mol. The summed E-state index contributed by atoms with van der Waals surface area (Å²) in [4.78, 5) is 88.6. The van der Waals surface area contributed by atoms with E-state index in [0.717, 1.165) is 43.7 Å². The highest BCUT2D eigenvalue weighted by Crippen LogP contribution is 2.25. The predicted octanol–water partition coefficient (Wildman–Crippen LogP) is -2.06. The van der Waals surface area contributed by atoms with Crippen molar-refractivity contribution in [1.29, 1.82) is 0 Å². The molecule has 4 heterocycles. The Morgan fingerprint density at radius 3 is 2.47 bits per heavy atom. The first-order chi connectivity index (χ1) is 24.6. The van der Waals surface area contributed by atoms with Crippen molar-refractivity contribution in [3.05, 3.63) is 56.7 Å². The molecule has 0 aliphatic carbocycles. The van der Waals surface area contributed by atoms with Crippen LogP contribution in [0.25, 0.3) is 11.5 Å². The zero-order valence-corrected chi connectivity index (χ0v) is 30.3. The Labute approximate surface area is 302 Å². The lowest BCUT2D eigenvalue weighted by atomic mass is 9.92. The van der Waals surface area contributed by atoms with Crippen LogP contribution in [0.5, 0.6) is 5.75 Å². The van der Waals surface area contributed by atoms with Gasteiger partial charge in [-0.1, -0.05) is 15.3 Å². The van der Waals surface area contributed by atoms with Gasteiger partial charge in [-0.05, 0) is 26.7 Å². The summed E-state index contributed by atoms with van der Waals surface area (Å²) in [6, 6.07) is -3.51. The van der Waals surface area contributed by atoms with E-state index in [0.29, 0.717) is 9.47 Å². The fourth-order valence-electron chi connectivity index (χ4n) is 4.59. The van der Waals surface area contributed by atoms with E-state index in [1.807, 2.05) is 0 Å². The number of nitrogens with one attached hydrogen (secondary N) is 3. The van der Waals surface area contributed by atoms with Gasteiger partial charge in [0, 0.05) is 30.4 Å². The molecule has 4 amide bonds. The zero-order valence-electron chi connectivity index (χ0n) is 27.9. The monoisotopic (exact) mass is 800 g/mol. The number of β-lactam (4-membered cyclic amide) rings is 1. The van der Waals surface area contributed by atoms with Crippen molar-refractivity contribution in [2.75, 3.05) is 17.7 Å². The highest BCUT2D eigenvalue weighted by molar-refractivity contribution is 7.90. The van der Waals surface area contributed by atoms with Gasteiger partial charge in [-0.25, -0.2) is 32.5 Å². The van der Waals surface area contributed by atoms with Gasteiger partial charge in [0.15, 0.2) is 22.4 Å². The maximum Gasteiger partial charge on any atom is 0.362 e. The lowest BCUT2D eigenvalue weighted by molar-refractivity contribution is -0.161. The number of urea groups is 1. The molecular formula is C27H32N10O13S3. The van der Waals surface area contributed by atoms with E-state index in [2.05, 4.69) is 32.1 Å². The highest BCUT2D eigenvalue weighted by atomic mass is 32.2. The molecule has 0 spiro atoms. The van der Waals surface area contributed by atoms with Crippen molar-refractivity contribution in [3.63, 3.8) is 0 Å². The molecule has 0 aromatic carbocycles. The summed E-state index contributed by atoms with van der Waals surface area (Å²) in [6.45, 7) is 5.42. The number of aliphatic carboxylic acids is 1. The molecule has 286 valence electrons. The Bertz CT molecular complexity index is 2360. The SMILES string of the molecule is C=CC[C@@H]1[C@H](NC(=O)/C(=N\OC(C)(C)C(=O)O)c2csc(N)n2)C(=O)N1C(=O)NS(=O)(=O)n1nc(-c2cc(=O)c(O)c[nH]2)n(CCCS(C)(=O)=O)c1=O. The molecular weight excluding hydrogens is 769 g/mol. The maximum atomic E-state index is 13.4. The number of carbonyl (C=O) groups excluding carboxylic acids is 3. The van der Waals surface area contributed by atoms with E-state index in [9.17, 15) is 55.8 Å². The number of pyridine rings is 1. The van der Waals surface area contributed by atoms with E-state index >= 15 is 0 Å². The van der Waals surface area contributed by atoms with Gasteiger partial charge in [0.05, 0.1) is 17.5 Å². The summed E-state index contributed by atoms with van der Waals surface area (Å²) in [5.41, 5.74) is 0.444. The van der Waals surface area contributed by atoms with E-state index in [-0.39, 0.29) is 33.4 Å². The number of anilines is 1. The highest BCUT2D eigenvalue weighted by Gasteiger charge is 2.52. The van der Waals surface area contributed by atoms with Crippen LogP contribution < -0.4 is 26.9 Å². The number of nitrogens with two attached hydrogens (primary N) is 1. The molecule has 53 heavy (non-hydrogen) atoms. The Morgan fingerprint density at radius 1 is 1.23 bits per heavy atom. The Hall–Kier alpha value is -5.89. The van der Waals surface area contributed by atoms with E-state index < -0.39 is 102 Å². The predicted molar refractivity (Wildman–Crippen MR) is 185 cm³/mol. The molecule has 0 radical (unpaired) electrons. The minimum Gasteiger partial charge on any atom is -0.503 e. The molecule has 26 heteroatoms. The lowest BCUT2D eigenvalue weighted by Crippen LogP contribution is -2.74. The number of carbonyl (C=O) groups is 4. The van der Waals surface area contributed by atoms with Crippen molar-refractivity contribution < 1.29 is 51.1 Å². The molecule has 0 saturated carbocycles. The first-order valence-electron chi connectivity index (χ1n) is 14.9. The number of nitrogens with zero attached hydrogens (tertiary/aromatic N) is 6. The molecule has 0 bridgehead atoms. The standard InChI is InChI=1S/C27H32N10O13S3/c1-5-7-15-19(31-21(40)18(14-12-51-24(28)30-14)33-50-27(2,3)23(42)43)22(41)36(15)25(44)34-53(48,49)37-26(45)35(8-6-9-52(4,46)47)20(32-37)13-10-16(38)17(39)11-29-13/h5,10-12,15,19,39H,1,6-9H2,2-4H3,(H2,28,30)(H,29,38)(H,31,40)(H,34,44)(H,42,43)/b33-18-/t15-,19+/m1/s1. The number of thiazole rings is 1. The molecule has 1 aliphatic rings. The van der Waals surface area contributed by atoms with Crippen molar-refractivity contribution in [3.8, 4) is 17.3 Å². The summed E-state index contributed by atoms with van der Waals surface area (Å²) < 4.78 is 52.2. The van der Waals surface area contributed by atoms with Crippen LogP contribution in [0.2, 0.25) is 0 Å². The summed E-state index contributed by atoms with van der Waals surface area (Å²) in [7, 11) is -8.79. The van der Waals surface area contributed by atoms with E-state index in [1.54, 1.807) is 4.72 Å². The normalized spacial score (nSPS) is 16.5. The molecule has 3 aromatic rings. The minimum absolute atomic E-state index is 0.00706. The second kappa shape index (κ2) is 15.0. The number of aromatic hydroxyl groups is 1. The fraction of sp³-hybridized carbons (Fsp3) is 0.370. The Morgan fingerprint density at radius 2 is 1.91 bits per heavy atom. The summed E-state index contributed by atoms with van der Waals surface area (Å²) in [5, 5.41) is 30.0. The average Bonchev–Trinajstić information content (AvgIpc) is 3.63. The van der Waals surface area contributed by atoms with Crippen LogP contribution in [0.1, 0.15) is 32.4 Å². The summed E-state index contributed by atoms with van der Waals surface area (Å²) in [5.74, 6) is -5.28. The van der Waals surface area contributed by atoms with Crippen molar-refractivity contribution >= 4 is 66.0 Å². The number of aromatic amines is 1. The third-order valence-electron chi connectivity index (χ3n) is 7.30. The van der Waals surface area contributed by atoms with Gasteiger partial charge in [-0.2, -0.15) is 8.42 Å². The van der Waals surface area contributed by atoms with Crippen molar-refractivity contribution in [1.82, 2.24) is 38.7 Å². The quantitative estimate of drug-likeness (QED) is 0.0416. The first-order valence-corrected chi connectivity index (χ1v) is 19.3. The largest absolute Gasteiger partial charge is 0.503 e. The zero-order chi connectivity index (χ0) is 39.6. The summed E-state index contributed by atoms with van der Waals surface area (Å²) >= 11 is 0.908. The van der Waals surface area contributed by atoms with Gasteiger partial charge >= 0.3 is 27.9 Å². The number of rotatable bonds is 15. The number of hydrogen-bond donors (Lipinski definition) is 6. The maximum absolute atomic E-state index is 13.4. The Balaban J connectivity index is 1.61. The van der Waals surface area contributed by atoms with Gasteiger partial charge in [0.2, 0.25) is 11.0 Å². The van der Waals surface area contributed by atoms with Crippen LogP contribution in [0.15, 0.2) is 45.0 Å². The number of aromatic nitrogens is 5. The number of carboxylic acid groups (broad SMARTS) is 1. The van der Waals surface area contributed by atoms with E-state index in [4.69, 9.17) is 10.6 Å². The number of carboxylic acids is 1. The number of sulfone groups is 1. The van der Waals surface area contributed by atoms with Crippen LogP contribution >= 0.6 is 11.3 Å². The van der Waals surface area contributed by atoms with Gasteiger partial charge in [-0.15, -0.1) is 23.0 Å². The van der Waals surface area contributed by atoms with Crippen molar-refractivity contribution in [2.45, 2.75) is 50.9 Å². The number of imide groups is 1. The molecule has 3 aromatic heterocycles. The molecule has 7 N–H and O–H groups in total. The number of nitrogen functional groups attached to an aromatic ring is 1. The topological polar surface area (TPSA) is 338 Å². The van der Waals surface area contributed by atoms with Crippen LogP contribution in [0.3, 0.4) is 0 Å². The molecule has 1 saturated heterocycles. The third kappa shape index (κ3) is 8.78. The smallest absolute Gasteiger partial charge is 0.362 e. The van der Waals surface area contributed by atoms with Gasteiger partial charge in [0.25, 0.3) is 11.8 Å². The molecule has 0 unspecified atom stereocenters. The second-order valence-electron chi connectivity index (χ2n) is 11.8. The number of oxime groups is 1. The number of amides is 4. The number of hydrogen-bond acceptors (Lipinski definition) is 17. The second-order valence-corrected chi connectivity index (χ2v) is 16.4. The molecule has 1 aliphatic heterocycles. The van der Waals surface area contributed by atoms with Crippen molar-refractivity contribution in [2.24, 2.45) is 5.16 Å². The minimum atomic E-state index is -5.27. The lowest BCUT2D eigenvalue weighted by Gasteiger charge is -2.44. The van der Waals surface area contributed by atoms with Crippen LogP contribution in [-0.2, 0) is 45.8 Å².